The molecule has 7 heteroatoms. The maximum absolute atomic E-state index is 8.83. The van der Waals surface area contributed by atoms with Crippen LogP contribution in [0.15, 0.2) is 33.7 Å². The molecule has 1 N–H and O–H groups in total. The Hall–Kier alpha value is -2.88. The van der Waals surface area contributed by atoms with E-state index in [1.165, 1.54) is 18.7 Å². The highest BCUT2D eigenvalue weighted by atomic mass is 16.5. The van der Waals surface area contributed by atoms with Crippen LogP contribution in [0.25, 0.3) is 22.8 Å². The van der Waals surface area contributed by atoms with E-state index >= 15 is 0 Å². The van der Waals surface area contributed by atoms with Gasteiger partial charge in [-0.25, -0.2) is 0 Å². The third kappa shape index (κ3) is 1.48. The summed E-state index contributed by atoms with van der Waals surface area (Å²) in [5.41, 5.74) is 1.48. The van der Waals surface area contributed by atoms with E-state index in [-0.39, 0.29) is 11.6 Å². The maximum Gasteiger partial charge on any atom is 0.262 e. The monoisotopic (exact) mass is 227 g/mol. The Morgan fingerprint density at radius 3 is 3.12 bits per heavy atom. The quantitative estimate of drug-likeness (QED) is 0.712. The zero-order valence-electron chi connectivity index (χ0n) is 8.41. The second kappa shape index (κ2) is 3.61. The number of nitrogens with one attached hydrogen (secondary N) is 1. The minimum atomic E-state index is 0.242. The Bertz CT molecular complexity index is 674. The fourth-order valence-electron chi connectivity index (χ4n) is 1.38. The van der Waals surface area contributed by atoms with Crippen molar-refractivity contribution in [2.24, 2.45) is 0 Å². The number of hydrogen-bond acceptors (Lipinski definition) is 6. The molecule has 0 bridgehead atoms. The minimum absolute atomic E-state index is 0.242. The van der Waals surface area contributed by atoms with Crippen LogP contribution in [0.2, 0.25) is 0 Å². The van der Waals surface area contributed by atoms with Gasteiger partial charge in [-0.3, -0.25) is 5.10 Å². The third-order valence-electron chi connectivity index (χ3n) is 2.19. The summed E-state index contributed by atoms with van der Waals surface area (Å²) >= 11 is 0. The summed E-state index contributed by atoms with van der Waals surface area (Å²) in [6, 6.07) is 3.67. The molecule has 0 unspecified atom stereocenters. The normalized spacial score (nSPS) is 10.3. The van der Waals surface area contributed by atoms with Gasteiger partial charge in [0.25, 0.3) is 5.89 Å². The number of rotatable bonds is 2. The standard InChI is InChI=1S/C10H5N5O2/c11-3-8-7(4-12-14-8)10-13-9(15-17-10)6-1-2-16-5-6/h1-2,4-5H,(H,12,14). The zero-order chi connectivity index (χ0) is 11.7. The van der Waals surface area contributed by atoms with E-state index < -0.39 is 0 Å². The van der Waals surface area contributed by atoms with Gasteiger partial charge in [0.05, 0.1) is 23.6 Å². The first-order valence-electron chi connectivity index (χ1n) is 4.68. The van der Waals surface area contributed by atoms with Crippen LogP contribution >= 0.6 is 0 Å². The van der Waals surface area contributed by atoms with Gasteiger partial charge in [-0.05, 0) is 6.07 Å². The molecule has 3 heterocycles. The Morgan fingerprint density at radius 2 is 2.35 bits per heavy atom. The van der Waals surface area contributed by atoms with Crippen LogP contribution in [0.5, 0.6) is 0 Å². The molecule has 0 aromatic carbocycles. The maximum atomic E-state index is 8.83. The summed E-state index contributed by atoms with van der Waals surface area (Å²) in [4.78, 5) is 4.15. The van der Waals surface area contributed by atoms with E-state index in [1.54, 1.807) is 6.07 Å². The van der Waals surface area contributed by atoms with Gasteiger partial charge in [0.15, 0.2) is 0 Å². The van der Waals surface area contributed by atoms with Crippen LogP contribution in [0.4, 0.5) is 0 Å². The average molecular weight is 227 g/mol. The highest BCUT2D eigenvalue weighted by Crippen LogP contribution is 2.23. The van der Waals surface area contributed by atoms with Crippen molar-refractivity contribution in [3.63, 3.8) is 0 Å². The predicted molar refractivity (Wildman–Crippen MR) is 54.3 cm³/mol. The summed E-state index contributed by atoms with van der Waals surface area (Å²) in [6.07, 6.45) is 4.49. The minimum Gasteiger partial charge on any atom is -0.472 e. The van der Waals surface area contributed by atoms with Gasteiger partial charge in [-0.15, -0.1) is 0 Å². The number of aromatic amines is 1. The van der Waals surface area contributed by atoms with E-state index in [0.717, 1.165) is 0 Å². The van der Waals surface area contributed by atoms with Gasteiger partial charge < -0.3 is 8.94 Å². The van der Waals surface area contributed by atoms with Crippen molar-refractivity contribution < 1.29 is 8.94 Å². The van der Waals surface area contributed by atoms with Crippen LogP contribution < -0.4 is 0 Å². The number of hydrogen-bond donors (Lipinski definition) is 1. The Labute approximate surface area is 94.7 Å². The topological polar surface area (TPSA) is 105 Å². The van der Waals surface area contributed by atoms with Crippen molar-refractivity contribution in [2.45, 2.75) is 0 Å². The van der Waals surface area contributed by atoms with E-state index in [0.29, 0.717) is 17.0 Å². The third-order valence-corrected chi connectivity index (χ3v) is 2.19. The van der Waals surface area contributed by atoms with E-state index in [2.05, 4.69) is 20.3 Å². The highest BCUT2D eigenvalue weighted by molar-refractivity contribution is 5.62. The molecule has 3 aromatic rings. The molecule has 0 saturated carbocycles. The average Bonchev–Trinajstić information content (AvgIpc) is 3.09. The molecule has 7 nitrogen and oxygen atoms in total. The number of nitrogens with zero attached hydrogens (tertiary/aromatic N) is 4. The lowest BCUT2D eigenvalue weighted by Gasteiger charge is -1.85. The molecule has 0 saturated heterocycles. The fourth-order valence-corrected chi connectivity index (χ4v) is 1.38. The summed E-state index contributed by atoms with van der Waals surface area (Å²) < 4.78 is 9.98. The molecule has 0 radical (unpaired) electrons. The van der Waals surface area contributed by atoms with Crippen LogP contribution in [-0.4, -0.2) is 20.3 Å². The lowest BCUT2D eigenvalue weighted by atomic mass is 10.2. The van der Waals surface area contributed by atoms with E-state index in [4.69, 9.17) is 14.2 Å². The second-order valence-corrected chi connectivity index (χ2v) is 3.21. The summed E-state index contributed by atoms with van der Waals surface area (Å²) in [5, 5.41) is 18.9. The van der Waals surface area contributed by atoms with Crippen LogP contribution in [0, 0.1) is 11.3 Å². The highest BCUT2D eigenvalue weighted by Gasteiger charge is 2.15. The lowest BCUT2D eigenvalue weighted by Crippen LogP contribution is -1.81. The van der Waals surface area contributed by atoms with Crippen LogP contribution in [-0.2, 0) is 0 Å². The Kier molecular flexibility index (Phi) is 1.98. The predicted octanol–water partition coefficient (Wildman–Crippen LogP) is 1.59. The number of H-pyrrole nitrogens is 1. The largest absolute Gasteiger partial charge is 0.472 e. The molecule has 82 valence electrons. The molecular weight excluding hydrogens is 222 g/mol. The van der Waals surface area contributed by atoms with E-state index in [9.17, 15) is 0 Å². The molecule has 0 aliphatic rings. The van der Waals surface area contributed by atoms with Crippen molar-refractivity contribution in [2.75, 3.05) is 0 Å². The van der Waals surface area contributed by atoms with Crippen molar-refractivity contribution >= 4 is 0 Å². The molecule has 3 rings (SSSR count). The van der Waals surface area contributed by atoms with E-state index in [1.807, 2.05) is 6.07 Å². The molecule has 0 aliphatic heterocycles. The molecule has 0 aliphatic carbocycles. The molecule has 17 heavy (non-hydrogen) atoms. The molecular formula is C10H5N5O2. The molecule has 3 aromatic heterocycles. The number of aromatic nitrogens is 4. The first-order valence-corrected chi connectivity index (χ1v) is 4.68. The zero-order valence-corrected chi connectivity index (χ0v) is 8.41. The van der Waals surface area contributed by atoms with Crippen LogP contribution in [0.1, 0.15) is 5.69 Å². The van der Waals surface area contributed by atoms with Gasteiger partial charge in [0.2, 0.25) is 5.82 Å². The Balaban J connectivity index is 2.04. The van der Waals surface area contributed by atoms with Crippen molar-refractivity contribution in [1.82, 2.24) is 20.3 Å². The summed E-state index contributed by atoms with van der Waals surface area (Å²) in [5.74, 6) is 0.644. The summed E-state index contributed by atoms with van der Waals surface area (Å²) in [7, 11) is 0. The fraction of sp³-hybridized carbons (Fsp3) is 0. The van der Waals surface area contributed by atoms with Gasteiger partial charge >= 0.3 is 0 Å². The first kappa shape index (κ1) is 9.35. The molecule has 0 atom stereocenters. The lowest BCUT2D eigenvalue weighted by molar-refractivity contribution is 0.432. The molecule has 0 fully saturated rings. The molecule has 0 spiro atoms. The Morgan fingerprint density at radius 1 is 1.41 bits per heavy atom. The number of furan rings is 1. The van der Waals surface area contributed by atoms with Crippen molar-refractivity contribution in [1.29, 1.82) is 5.26 Å². The smallest absolute Gasteiger partial charge is 0.262 e. The van der Waals surface area contributed by atoms with Crippen molar-refractivity contribution in [3.8, 4) is 28.9 Å². The second-order valence-electron chi connectivity index (χ2n) is 3.21. The first-order chi connectivity index (χ1) is 8.38. The molecule has 0 amide bonds. The van der Waals surface area contributed by atoms with Crippen LogP contribution in [0.3, 0.4) is 0 Å². The number of nitriles is 1. The van der Waals surface area contributed by atoms with Crippen molar-refractivity contribution in [3.05, 3.63) is 30.5 Å². The van der Waals surface area contributed by atoms with Gasteiger partial charge in [0.1, 0.15) is 18.0 Å². The van der Waals surface area contributed by atoms with Gasteiger partial charge in [-0.2, -0.15) is 15.3 Å². The summed E-state index contributed by atoms with van der Waals surface area (Å²) in [6.45, 7) is 0. The van der Waals surface area contributed by atoms with Gasteiger partial charge in [-0.1, -0.05) is 5.16 Å². The SMILES string of the molecule is N#Cc1[nH]ncc1-c1nc(-c2ccoc2)no1. The van der Waals surface area contributed by atoms with Gasteiger partial charge in [0, 0.05) is 0 Å².